The number of hydrogen-bond acceptors (Lipinski definition) is 5. The van der Waals surface area contributed by atoms with E-state index < -0.39 is 10.0 Å². The predicted octanol–water partition coefficient (Wildman–Crippen LogP) is 2.68. The van der Waals surface area contributed by atoms with Gasteiger partial charge in [-0.2, -0.15) is 4.31 Å². The fraction of sp³-hybridized carbons (Fsp3) is 0.444. The molecular formula is C18H19FN4O3S. The maximum Gasteiger partial charge on any atom is 0.260 e. The highest BCUT2D eigenvalue weighted by molar-refractivity contribution is 7.89. The number of nitrogens with zero attached hydrogens (tertiary/aromatic N) is 4. The molecule has 142 valence electrons. The van der Waals surface area contributed by atoms with E-state index in [1.54, 1.807) is 6.07 Å². The third-order valence-electron chi connectivity index (χ3n) is 5.59. The fourth-order valence-corrected chi connectivity index (χ4v) is 5.78. The minimum Gasteiger partial charge on any atom is -0.356 e. The number of benzene rings is 1. The summed E-state index contributed by atoms with van der Waals surface area (Å²) in [5.74, 6) is 0.587. The van der Waals surface area contributed by atoms with Gasteiger partial charge in [-0.25, -0.2) is 17.8 Å². The predicted molar refractivity (Wildman–Crippen MR) is 95.2 cm³/mol. The van der Waals surface area contributed by atoms with E-state index in [1.165, 1.54) is 22.6 Å². The summed E-state index contributed by atoms with van der Waals surface area (Å²) < 4.78 is 48.0. The van der Waals surface area contributed by atoms with Crippen molar-refractivity contribution >= 4 is 21.0 Å². The quantitative estimate of drug-likeness (QED) is 0.687. The Labute approximate surface area is 155 Å². The molecule has 2 aliphatic heterocycles. The van der Waals surface area contributed by atoms with Gasteiger partial charge in [-0.1, -0.05) is 5.16 Å². The van der Waals surface area contributed by atoms with Crippen LogP contribution in [0.1, 0.15) is 36.7 Å². The molecule has 0 amide bonds. The monoisotopic (exact) mass is 390 g/mol. The molecule has 0 unspecified atom stereocenters. The number of halogens is 1. The highest BCUT2D eigenvalue weighted by Gasteiger charge is 2.35. The van der Waals surface area contributed by atoms with Gasteiger partial charge in [0.15, 0.2) is 10.6 Å². The molecule has 1 aromatic carbocycles. The van der Waals surface area contributed by atoms with Crippen molar-refractivity contribution in [3.05, 3.63) is 41.7 Å². The van der Waals surface area contributed by atoms with Gasteiger partial charge in [-0.05, 0) is 31.4 Å². The Morgan fingerprint density at radius 2 is 2.00 bits per heavy atom. The molecule has 0 bridgehead atoms. The van der Waals surface area contributed by atoms with Crippen LogP contribution in [0.2, 0.25) is 0 Å². The van der Waals surface area contributed by atoms with Crippen LogP contribution in [0.5, 0.6) is 0 Å². The molecule has 5 rings (SSSR count). The van der Waals surface area contributed by atoms with Crippen LogP contribution in [0.4, 0.5) is 4.39 Å². The molecule has 1 saturated heterocycles. The molecule has 27 heavy (non-hydrogen) atoms. The lowest BCUT2D eigenvalue weighted by atomic mass is 9.92. The maximum atomic E-state index is 13.3. The van der Waals surface area contributed by atoms with Gasteiger partial charge < -0.3 is 9.09 Å². The van der Waals surface area contributed by atoms with E-state index in [9.17, 15) is 12.8 Å². The van der Waals surface area contributed by atoms with Gasteiger partial charge >= 0.3 is 0 Å². The Kier molecular flexibility index (Phi) is 3.83. The van der Waals surface area contributed by atoms with E-state index in [2.05, 4.69) is 10.1 Å². The molecule has 1 fully saturated rings. The highest BCUT2D eigenvalue weighted by atomic mass is 32.2. The zero-order valence-corrected chi connectivity index (χ0v) is 15.5. The smallest absolute Gasteiger partial charge is 0.260 e. The van der Waals surface area contributed by atoms with Crippen molar-refractivity contribution in [2.24, 2.45) is 0 Å². The molecule has 0 saturated carbocycles. The largest absolute Gasteiger partial charge is 0.356 e. The summed E-state index contributed by atoms with van der Waals surface area (Å²) in [6.07, 6.45) is 4.55. The molecule has 7 nitrogen and oxygen atoms in total. The zero-order valence-electron chi connectivity index (χ0n) is 14.6. The van der Waals surface area contributed by atoms with Crippen molar-refractivity contribution in [3.63, 3.8) is 0 Å². The van der Waals surface area contributed by atoms with Gasteiger partial charge in [-0.3, -0.25) is 0 Å². The lowest BCUT2D eigenvalue weighted by Gasteiger charge is -2.30. The summed E-state index contributed by atoms with van der Waals surface area (Å²) in [6.45, 7) is 1.55. The SMILES string of the molecule is O=S(=O)(c1cnc2n1CCC2)N1CCC(c2noc3cc(F)ccc23)CC1. The molecule has 4 heterocycles. The van der Waals surface area contributed by atoms with Gasteiger partial charge in [0.05, 0.1) is 11.9 Å². The number of aromatic nitrogens is 3. The van der Waals surface area contributed by atoms with Gasteiger partial charge in [0.2, 0.25) is 0 Å². The van der Waals surface area contributed by atoms with E-state index >= 15 is 0 Å². The van der Waals surface area contributed by atoms with Crippen molar-refractivity contribution in [2.75, 3.05) is 13.1 Å². The Bertz CT molecular complexity index is 1110. The lowest BCUT2D eigenvalue weighted by molar-refractivity contribution is 0.308. The van der Waals surface area contributed by atoms with E-state index in [0.717, 1.165) is 29.7 Å². The number of imidazole rings is 1. The van der Waals surface area contributed by atoms with E-state index in [1.807, 2.05) is 4.57 Å². The minimum atomic E-state index is -3.54. The van der Waals surface area contributed by atoms with Crippen molar-refractivity contribution in [1.29, 1.82) is 0 Å². The van der Waals surface area contributed by atoms with Gasteiger partial charge in [0, 0.05) is 43.4 Å². The van der Waals surface area contributed by atoms with Crippen LogP contribution in [0, 0.1) is 5.82 Å². The zero-order chi connectivity index (χ0) is 18.6. The second-order valence-electron chi connectivity index (χ2n) is 7.15. The van der Waals surface area contributed by atoms with E-state index in [4.69, 9.17) is 4.52 Å². The molecule has 2 aliphatic rings. The van der Waals surface area contributed by atoms with Crippen molar-refractivity contribution < 1.29 is 17.3 Å². The number of fused-ring (bicyclic) bond motifs is 2. The van der Waals surface area contributed by atoms with Gasteiger partial charge in [-0.15, -0.1) is 0 Å². The molecule has 0 spiro atoms. The highest BCUT2D eigenvalue weighted by Crippen LogP contribution is 2.34. The van der Waals surface area contributed by atoms with E-state index in [0.29, 0.717) is 43.1 Å². The molecule has 3 aromatic rings. The van der Waals surface area contributed by atoms with Crippen molar-refractivity contribution in [3.8, 4) is 0 Å². The summed E-state index contributed by atoms with van der Waals surface area (Å²) in [5.41, 5.74) is 1.21. The normalized spacial score (nSPS) is 19.0. The van der Waals surface area contributed by atoms with Crippen LogP contribution in [-0.2, 0) is 23.0 Å². The number of piperidine rings is 1. The molecule has 2 aromatic heterocycles. The first-order valence-corrected chi connectivity index (χ1v) is 10.6. The van der Waals surface area contributed by atoms with Crippen LogP contribution >= 0.6 is 0 Å². The second-order valence-corrected chi connectivity index (χ2v) is 9.04. The first-order valence-electron chi connectivity index (χ1n) is 9.13. The van der Waals surface area contributed by atoms with Crippen LogP contribution in [-0.4, -0.2) is 40.5 Å². The molecule has 0 aliphatic carbocycles. The number of sulfonamides is 1. The third-order valence-corrected chi connectivity index (χ3v) is 7.49. The summed E-state index contributed by atoms with van der Waals surface area (Å²) in [6, 6.07) is 4.39. The van der Waals surface area contributed by atoms with Crippen molar-refractivity contribution in [2.45, 2.75) is 43.2 Å². The lowest BCUT2D eigenvalue weighted by Crippen LogP contribution is -2.38. The molecule has 0 radical (unpaired) electrons. The van der Waals surface area contributed by atoms with Gasteiger partial charge in [0.25, 0.3) is 10.0 Å². The molecule has 0 atom stereocenters. The van der Waals surface area contributed by atoms with Crippen molar-refractivity contribution in [1.82, 2.24) is 19.0 Å². The number of rotatable bonds is 3. The Hall–Kier alpha value is -2.26. The maximum absolute atomic E-state index is 13.3. The second kappa shape index (κ2) is 6.13. The standard InChI is InChI=1S/C18H19FN4O3S/c19-13-3-4-14-15(10-13)26-21-18(14)12-5-8-22(9-6-12)27(24,25)17-11-20-16-2-1-7-23(16)17/h3-4,10-12H,1-2,5-9H2. The summed E-state index contributed by atoms with van der Waals surface area (Å²) in [7, 11) is -3.54. The summed E-state index contributed by atoms with van der Waals surface area (Å²) in [4.78, 5) is 4.26. The number of hydrogen-bond donors (Lipinski definition) is 0. The summed E-state index contributed by atoms with van der Waals surface area (Å²) in [5, 5.41) is 5.22. The fourth-order valence-electron chi connectivity index (χ4n) is 4.16. The van der Waals surface area contributed by atoms with Crippen LogP contribution in [0.3, 0.4) is 0 Å². The first kappa shape index (κ1) is 16.9. The topological polar surface area (TPSA) is 81.2 Å². The Balaban J connectivity index is 1.36. The Morgan fingerprint density at radius 1 is 1.19 bits per heavy atom. The minimum absolute atomic E-state index is 0.0966. The summed E-state index contributed by atoms with van der Waals surface area (Å²) >= 11 is 0. The Morgan fingerprint density at radius 3 is 2.81 bits per heavy atom. The van der Waals surface area contributed by atoms with Crippen LogP contribution in [0.15, 0.2) is 33.9 Å². The van der Waals surface area contributed by atoms with Crippen LogP contribution in [0.25, 0.3) is 11.0 Å². The molecule has 9 heteroatoms. The van der Waals surface area contributed by atoms with E-state index in [-0.39, 0.29) is 11.7 Å². The van der Waals surface area contributed by atoms with Gasteiger partial charge in [0.1, 0.15) is 11.6 Å². The van der Waals surface area contributed by atoms with Crippen LogP contribution < -0.4 is 0 Å². The first-order chi connectivity index (χ1) is 13.0. The average Bonchev–Trinajstić information content (AvgIpc) is 3.36. The average molecular weight is 390 g/mol. The molecule has 0 N–H and O–H groups in total. The number of aryl methyl sites for hydroxylation is 1. The molecular weight excluding hydrogens is 371 g/mol. The third kappa shape index (κ3) is 2.68.